The van der Waals surface area contributed by atoms with Crippen molar-refractivity contribution in [1.29, 1.82) is 0 Å². The van der Waals surface area contributed by atoms with Crippen LogP contribution in [0.4, 0.5) is 0 Å². The molecule has 0 aliphatic carbocycles. The average Bonchev–Trinajstić information content (AvgIpc) is 3.24. The molecule has 3 aromatic rings. The van der Waals surface area contributed by atoms with Gasteiger partial charge in [-0.15, -0.1) is 11.3 Å². The first-order valence-corrected chi connectivity index (χ1v) is 8.21. The van der Waals surface area contributed by atoms with Crippen molar-refractivity contribution in [3.05, 3.63) is 52.0 Å². The maximum absolute atomic E-state index is 12.3. The highest BCUT2D eigenvalue weighted by Crippen LogP contribution is 2.24. The van der Waals surface area contributed by atoms with Crippen LogP contribution in [0, 0.1) is 13.8 Å². The van der Waals surface area contributed by atoms with Crippen molar-refractivity contribution in [3.8, 4) is 10.8 Å². The van der Waals surface area contributed by atoms with Gasteiger partial charge in [0, 0.05) is 16.6 Å². The molecule has 1 N–H and O–H groups in total. The number of hydrogen-bond acceptors (Lipinski definition) is 6. The van der Waals surface area contributed by atoms with Crippen LogP contribution in [0.5, 0.6) is 0 Å². The Morgan fingerprint density at radius 1 is 1.38 bits per heavy atom. The van der Waals surface area contributed by atoms with E-state index in [9.17, 15) is 9.59 Å². The lowest BCUT2D eigenvalue weighted by molar-refractivity contribution is 0.0461. The van der Waals surface area contributed by atoms with Gasteiger partial charge in [-0.25, -0.2) is 9.78 Å². The maximum atomic E-state index is 12.3. The number of aromatic amines is 1. The van der Waals surface area contributed by atoms with Crippen molar-refractivity contribution in [1.82, 2.24) is 9.97 Å². The number of esters is 1. The zero-order chi connectivity index (χ0) is 17.3. The molecule has 0 unspecified atom stereocenters. The molecule has 7 heteroatoms. The van der Waals surface area contributed by atoms with Gasteiger partial charge in [0.15, 0.2) is 16.6 Å². The van der Waals surface area contributed by atoms with Crippen LogP contribution in [0.25, 0.3) is 10.8 Å². The molecule has 3 rings (SSSR count). The fourth-order valence-corrected chi connectivity index (χ4v) is 3.35. The van der Waals surface area contributed by atoms with Crippen LogP contribution in [0.3, 0.4) is 0 Å². The van der Waals surface area contributed by atoms with E-state index < -0.39 is 5.97 Å². The van der Waals surface area contributed by atoms with Crippen molar-refractivity contribution in [2.45, 2.75) is 27.4 Å². The Kier molecular flexibility index (Phi) is 4.35. The summed E-state index contributed by atoms with van der Waals surface area (Å²) < 4.78 is 10.6. The van der Waals surface area contributed by atoms with E-state index in [0.717, 1.165) is 5.01 Å². The van der Waals surface area contributed by atoms with E-state index in [0.29, 0.717) is 34.0 Å². The van der Waals surface area contributed by atoms with E-state index in [1.807, 2.05) is 11.4 Å². The molecule has 124 valence electrons. The summed E-state index contributed by atoms with van der Waals surface area (Å²) in [6.07, 6.45) is 1.58. The Labute approximate surface area is 142 Å². The van der Waals surface area contributed by atoms with Gasteiger partial charge in [-0.1, -0.05) is 0 Å². The summed E-state index contributed by atoms with van der Waals surface area (Å²) in [5, 5.41) is 2.55. The molecule has 3 heterocycles. The third kappa shape index (κ3) is 3.03. The van der Waals surface area contributed by atoms with Gasteiger partial charge in [0.2, 0.25) is 0 Å². The third-order valence-electron chi connectivity index (χ3n) is 3.63. The molecule has 0 saturated heterocycles. The molecule has 0 aliphatic heterocycles. The van der Waals surface area contributed by atoms with Gasteiger partial charge in [0.1, 0.15) is 12.3 Å². The number of furan rings is 1. The summed E-state index contributed by atoms with van der Waals surface area (Å²) in [4.78, 5) is 31.2. The summed E-state index contributed by atoms with van der Waals surface area (Å²) in [6, 6.07) is 3.61. The van der Waals surface area contributed by atoms with Crippen molar-refractivity contribution < 1.29 is 18.7 Å². The molecule has 6 nitrogen and oxygen atoms in total. The molecule has 0 spiro atoms. The number of aryl methyl sites for hydroxylation is 1. The van der Waals surface area contributed by atoms with Gasteiger partial charge in [0.25, 0.3) is 0 Å². The number of carbonyl (C=O) groups excluding carboxylic acids is 2. The van der Waals surface area contributed by atoms with E-state index in [4.69, 9.17) is 9.15 Å². The highest BCUT2D eigenvalue weighted by atomic mass is 32.1. The van der Waals surface area contributed by atoms with E-state index in [-0.39, 0.29) is 12.4 Å². The molecule has 0 aromatic carbocycles. The lowest BCUT2D eigenvalue weighted by Gasteiger charge is -2.02. The Hall–Kier alpha value is -2.67. The SMILES string of the molecule is CC(=O)c1c(C)[nH]c(C(=O)OCc2csc(-c3ccco3)n2)c1C. The van der Waals surface area contributed by atoms with Crippen LogP contribution >= 0.6 is 11.3 Å². The molecule has 0 saturated carbocycles. The molecular weight excluding hydrogens is 328 g/mol. The second-order valence-corrected chi connectivity index (χ2v) is 6.24. The highest BCUT2D eigenvalue weighted by Gasteiger charge is 2.21. The summed E-state index contributed by atoms with van der Waals surface area (Å²) in [7, 11) is 0. The topological polar surface area (TPSA) is 85.2 Å². The number of ether oxygens (including phenoxy) is 1. The molecule has 0 bridgehead atoms. The van der Waals surface area contributed by atoms with Gasteiger partial charge in [-0.05, 0) is 38.5 Å². The number of nitrogens with zero attached hydrogens (tertiary/aromatic N) is 1. The molecule has 0 aliphatic rings. The standard InChI is InChI=1S/C17H16N2O4S/c1-9-14(11(3)20)10(2)18-15(9)17(21)23-7-12-8-24-16(19-12)13-5-4-6-22-13/h4-6,8,18H,7H2,1-3H3. The van der Waals surface area contributed by atoms with Crippen LogP contribution in [-0.4, -0.2) is 21.7 Å². The Morgan fingerprint density at radius 3 is 2.79 bits per heavy atom. The predicted octanol–water partition coefficient (Wildman–Crippen LogP) is 3.91. The predicted molar refractivity (Wildman–Crippen MR) is 89.2 cm³/mol. The first-order chi connectivity index (χ1) is 11.5. The first kappa shape index (κ1) is 16.2. The average molecular weight is 344 g/mol. The fourth-order valence-electron chi connectivity index (χ4n) is 2.58. The van der Waals surface area contributed by atoms with Crippen molar-refractivity contribution in [2.24, 2.45) is 0 Å². The number of ketones is 1. The minimum absolute atomic E-state index is 0.0585. The summed E-state index contributed by atoms with van der Waals surface area (Å²) >= 11 is 1.42. The fraction of sp³-hybridized carbons (Fsp3) is 0.235. The molecule has 0 atom stereocenters. The molecular formula is C17H16N2O4S. The maximum Gasteiger partial charge on any atom is 0.355 e. The summed E-state index contributed by atoms with van der Waals surface area (Å²) in [6.45, 7) is 5.03. The molecule has 24 heavy (non-hydrogen) atoms. The minimum Gasteiger partial charge on any atom is -0.462 e. The van der Waals surface area contributed by atoms with Crippen LogP contribution in [0.1, 0.15) is 44.7 Å². The highest BCUT2D eigenvalue weighted by molar-refractivity contribution is 7.13. The molecule has 3 aromatic heterocycles. The van der Waals surface area contributed by atoms with Crippen LogP contribution in [-0.2, 0) is 11.3 Å². The quantitative estimate of drug-likeness (QED) is 0.560. The monoisotopic (exact) mass is 344 g/mol. The van der Waals surface area contributed by atoms with Gasteiger partial charge in [-0.2, -0.15) is 0 Å². The molecule has 0 radical (unpaired) electrons. The summed E-state index contributed by atoms with van der Waals surface area (Å²) in [5.74, 6) is 0.0954. The second kappa shape index (κ2) is 6.45. The third-order valence-corrected chi connectivity index (χ3v) is 4.53. The van der Waals surface area contributed by atoms with Crippen LogP contribution < -0.4 is 0 Å². The number of H-pyrrole nitrogens is 1. The Bertz CT molecular complexity index is 890. The number of thiazole rings is 1. The first-order valence-electron chi connectivity index (χ1n) is 7.33. The normalized spacial score (nSPS) is 10.8. The zero-order valence-electron chi connectivity index (χ0n) is 13.5. The summed E-state index contributed by atoms with van der Waals surface area (Å²) in [5.41, 5.74) is 2.77. The van der Waals surface area contributed by atoms with E-state index in [2.05, 4.69) is 9.97 Å². The van der Waals surface area contributed by atoms with Crippen LogP contribution in [0.2, 0.25) is 0 Å². The number of aromatic nitrogens is 2. The van der Waals surface area contributed by atoms with Gasteiger partial charge < -0.3 is 14.1 Å². The van der Waals surface area contributed by atoms with Crippen molar-refractivity contribution in [2.75, 3.05) is 0 Å². The number of hydrogen-bond donors (Lipinski definition) is 1. The number of Topliss-reactive ketones (excluding diaryl/α,β-unsaturated/α-hetero) is 1. The number of carbonyl (C=O) groups is 2. The lowest BCUT2D eigenvalue weighted by atomic mass is 10.1. The van der Waals surface area contributed by atoms with E-state index in [1.54, 1.807) is 26.2 Å². The molecule has 0 amide bonds. The Morgan fingerprint density at radius 2 is 2.17 bits per heavy atom. The van der Waals surface area contributed by atoms with Crippen molar-refractivity contribution >= 4 is 23.1 Å². The number of rotatable bonds is 5. The minimum atomic E-state index is -0.504. The zero-order valence-corrected chi connectivity index (χ0v) is 14.3. The van der Waals surface area contributed by atoms with E-state index >= 15 is 0 Å². The molecule has 0 fully saturated rings. The van der Waals surface area contributed by atoms with E-state index in [1.165, 1.54) is 18.3 Å². The van der Waals surface area contributed by atoms with Gasteiger partial charge in [0.05, 0.1) is 12.0 Å². The van der Waals surface area contributed by atoms with Gasteiger partial charge >= 0.3 is 5.97 Å². The second-order valence-electron chi connectivity index (χ2n) is 5.38. The smallest absolute Gasteiger partial charge is 0.355 e. The lowest BCUT2D eigenvalue weighted by Crippen LogP contribution is -2.08. The van der Waals surface area contributed by atoms with Crippen molar-refractivity contribution in [3.63, 3.8) is 0 Å². The number of nitrogens with one attached hydrogen (secondary N) is 1. The van der Waals surface area contributed by atoms with Crippen LogP contribution in [0.15, 0.2) is 28.2 Å². The largest absolute Gasteiger partial charge is 0.462 e. The van der Waals surface area contributed by atoms with Gasteiger partial charge in [-0.3, -0.25) is 4.79 Å². The Balaban J connectivity index is 1.70.